The highest BCUT2D eigenvalue weighted by Crippen LogP contribution is 2.36. The molecular formula is C19H20ClFN2O4. The Bertz CT molecular complexity index is 858. The highest BCUT2D eigenvalue weighted by molar-refractivity contribution is 6.32. The number of hydrogen-bond donors (Lipinski definition) is 2. The maximum absolute atomic E-state index is 14.0. The fourth-order valence-electron chi connectivity index (χ4n) is 2.29. The SMILES string of the molecule is CCCOc1c(Cl)cc(C(=O)Nc2cc(NC(C)=O)ccc2F)cc1OC. The molecule has 2 rings (SSSR count). The van der Waals surface area contributed by atoms with Crippen molar-refractivity contribution in [3.05, 3.63) is 46.7 Å². The first-order valence-electron chi connectivity index (χ1n) is 8.24. The predicted octanol–water partition coefficient (Wildman–Crippen LogP) is 4.49. The van der Waals surface area contributed by atoms with Crippen LogP contribution in [-0.2, 0) is 4.79 Å². The van der Waals surface area contributed by atoms with Gasteiger partial charge in [-0.3, -0.25) is 9.59 Å². The fourth-order valence-corrected chi connectivity index (χ4v) is 2.56. The Morgan fingerprint density at radius 1 is 1.19 bits per heavy atom. The van der Waals surface area contributed by atoms with Crippen LogP contribution in [0.4, 0.5) is 15.8 Å². The van der Waals surface area contributed by atoms with Crippen molar-refractivity contribution in [3.63, 3.8) is 0 Å². The van der Waals surface area contributed by atoms with Gasteiger partial charge in [0, 0.05) is 18.2 Å². The number of carbonyl (C=O) groups excluding carboxylic acids is 2. The molecule has 0 atom stereocenters. The molecule has 2 aromatic rings. The van der Waals surface area contributed by atoms with Gasteiger partial charge in [-0.25, -0.2) is 4.39 Å². The molecule has 0 bridgehead atoms. The maximum Gasteiger partial charge on any atom is 0.255 e. The number of ether oxygens (including phenoxy) is 2. The molecule has 0 aliphatic heterocycles. The molecule has 0 heterocycles. The van der Waals surface area contributed by atoms with Crippen molar-refractivity contribution >= 4 is 34.8 Å². The normalized spacial score (nSPS) is 10.3. The van der Waals surface area contributed by atoms with E-state index in [-0.39, 0.29) is 22.2 Å². The first kappa shape index (κ1) is 20.5. The number of benzene rings is 2. The largest absolute Gasteiger partial charge is 0.493 e. The molecule has 0 saturated heterocycles. The van der Waals surface area contributed by atoms with E-state index in [0.29, 0.717) is 23.8 Å². The Morgan fingerprint density at radius 3 is 2.56 bits per heavy atom. The van der Waals surface area contributed by atoms with E-state index in [1.54, 1.807) is 0 Å². The van der Waals surface area contributed by atoms with Crippen LogP contribution in [0.5, 0.6) is 11.5 Å². The van der Waals surface area contributed by atoms with Gasteiger partial charge in [0.2, 0.25) is 5.91 Å². The number of hydrogen-bond acceptors (Lipinski definition) is 4. The van der Waals surface area contributed by atoms with Crippen LogP contribution in [0.25, 0.3) is 0 Å². The lowest BCUT2D eigenvalue weighted by molar-refractivity contribution is -0.114. The van der Waals surface area contributed by atoms with Gasteiger partial charge in [-0.15, -0.1) is 0 Å². The van der Waals surface area contributed by atoms with E-state index in [0.717, 1.165) is 12.5 Å². The molecule has 27 heavy (non-hydrogen) atoms. The Kier molecular flexibility index (Phi) is 7.01. The molecule has 2 N–H and O–H groups in total. The van der Waals surface area contributed by atoms with Crippen molar-refractivity contribution in [2.45, 2.75) is 20.3 Å². The smallest absolute Gasteiger partial charge is 0.255 e. The summed E-state index contributed by atoms with van der Waals surface area (Å²) in [7, 11) is 1.43. The predicted molar refractivity (Wildman–Crippen MR) is 102 cm³/mol. The highest BCUT2D eigenvalue weighted by Gasteiger charge is 2.17. The number of carbonyl (C=O) groups is 2. The second kappa shape index (κ2) is 9.23. The average Bonchev–Trinajstić information content (AvgIpc) is 2.62. The summed E-state index contributed by atoms with van der Waals surface area (Å²) < 4.78 is 24.8. The van der Waals surface area contributed by atoms with Crippen LogP contribution in [0.1, 0.15) is 30.6 Å². The molecule has 0 saturated carbocycles. The molecule has 0 aliphatic carbocycles. The second-order valence-electron chi connectivity index (χ2n) is 5.67. The summed E-state index contributed by atoms with van der Waals surface area (Å²) in [5.74, 6) is -0.891. The monoisotopic (exact) mass is 394 g/mol. The van der Waals surface area contributed by atoms with Crippen molar-refractivity contribution in [2.75, 3.05) is 24.4 Å². The lowest BCUT2D eigenvalue weighted by atomic mass is 10.1. The van der Waals surface area contributed by atoms with Gasteiger partial charge in [-0.2, -0.15) is 0 Å². The van der Waals surface area contributed by atoms with E-state index in [9.17, 15) is 14.0 Å². The topological polar surface area (TPSA) is 76.7 Å². The van der Waals surface area contributed by atoms with Crippen molar-refractivity contribution in [3.8, 4) is 11.5 Å². The van der Waals surface area contributed by atoms with Gasteiger partial charge >= 0.3 is 0 Å². The molecule has 0 spiro atoms. The van der Waals surface area contributed by atoms with Crippen molar-refractivity contribution < 1.29 is 23.5 Å². The molecule has 0 fully saturated rings. The van der Waals surface area contributed by atoms with Crippen molar-refractivity contribution in [1.82, 2.24) is 0 Å². The Hall–Kier alpha value is -2.80. The minimum Gasteiger partial charge on any atom is -0.493 e. The van der Waals surface area contributed by atoms with E-state index in [2.05, 4.69) is 10.6 Å². The summed E-state index contributed by atoms with van der Waals surface area (Å²) >= 11 is 6.20. The summed E-state index contributed by atoms with van der Waals surface area (Å²) in [5, 5.41) is 5.20. The Labute approximate surface area is 161 Å². The quantitative estimate of drug-likeness (QED) is 0.725. The van der Waals surface area contributed by atoms with Gasteiger partial charge in [0.05, 0.1) is 24.4 Å². The molecule has 0 aromatic heterocycles. The molecule has 8 heteroatoms. The van der Waals surface area contributed by atoms with Gasteiger partial charge in [0.25, 0.3) is 5.91 Å². The minimum atomic E-state index is -0.640. The first-order valence-corrected chi connectivity index (χ1v) is 8.62. The third-order valence-electron chi connectivity index (χ3n) is 3.48. The molecule has 144 valence electrons. The molecule has 2 amide bonds. The molecule has 6 nitrogen and oxygen atoms in total. The Balaban J connectivity index is 2.28. The zero-order valence-electron chi connectivity index (χ0n) is 15.2. The summed E-state index contributed by atoms with van der Waals surface area (Å²) in [6.07, 6.45) is 0.783. The molecule has 0 radical (unpaired) electrons. The van der Waals surface area contributed by atoms with Crippen LogP contribution >= 0.6 is 11.6 Å². The molecule has 2 aromatic carbocycles. The molecule has 0 aliphatic rings. The zero-order valence-corrected chi connectivity index (χ0v) is 15.9. The van der Waals surface area contributed by atoms with Crippen LogP contribution in [0.2, 0.25) is 5.02 Å². The van der Waals surface area contributed by atoms with Crippen LogP contribution < -0.4 is 20.1 Å². The van der Waals surface area contributed by atoms with Gasteiger partial charge in [0.15, 0.2) is 11.5 Å². The third-order valence-corrected chi connectivity index (χ3v) is 3.76. The molecule has 0 unspecified atom stereocenters. The lowest BCUT2D eigenvalue weighted by Crippen LogP contribution is -2.14. The highest BCUT2D eigenvalue weighted by atomic mass is 35.5. The number of nitrogens with one attached hydrogen (secondary N) is 2. The fraction of sp³-hybridized carbons (Fsp3) is 0.263. The van der Waals surface area contributed by atoms with Crippen LogP contribution in [0.3, 0.4) is 0 Å². The van der Waals surface area contributed by atoms with E-state index in [4.69, 9.17) is 21.1 Å². The average molecular weight is 395 g/mol. The van der Waals surface area contributed by atoms with Crippen LogP contribution in [-0.4, -0.2) is 25.5 Å². The van der Waals surface area contributed by atoms with Crippen LogP contribution in [0.15, 0.2) is 30.3 Å². The number of methoxy groups -OCH3 is 1. The first-order chi connectivity index (χ1) is 12.8. The summed E-state index contributed by atoms with van der Waals surface area (Å²) in [6, 6.07) is 6.75. The summed E-state index contributed by atoms with van der Waals surface area (Å²) in [6.45, 7) is 3.73. The van der Waals surface area contributed by atoms with E-state index >= 15 is 0 Å². The minimum absolute atomic E-state index is 0.0763. The van der Waals surface area contributed by atoms with E-state index in [1.807, 2.05) is 6.92 Å². The van der Waals surface area contributed by atoms with Gasteiger partial charge in [0.1, 0.15) is 5.82 Å². The summed E-state index contributed by atoms with van der Waals surface area (Å²) in [4.78, 5) is 23.7. The lowest BCUT2D eigenvalue weighted by Gasteiger charge is -2.14. The maximum atomic E-state index is 14.0. The second-order valence-corrected chi connectivity index (χ2v) is 6.08. The van der Waals surface area contributed by atoms with Crippen molar-refractivity contribution in [1.29, 1.82) is 0 Å². The Morgan fingerprint density at radius 2 is 1.93 bits per heavy atom. The van der Waals surface area contributed by atoms with Gasteiger partial charge in [-0.1, -0.05) is 18.5 Å². The number of rotatable bonds is 7. The van der Waals surface area contributed by atoms with Gasteiger partial charge < -0.3 is 20.1 Å². The number of halogens is 2. The number of amides is 2. The van der Waals surface area contributed by atoms with E-state index < -0.39 is 11.7 Å². The van der Waals surface area contributed by atoms with Crippen molar-refractivity contribution in [2.24, 2.45) is 0 Å². The standard InChI is InChI=1S/C19H20ClFN2O4/c1-4-7-27-18-14(20)8-12(9-17(18)26-3)19(25)23-16-10-13(22-11(2)24)5-6-15(16)21/h5-6,8-10H,4,7H2,1-3H3,(H,22,24)(H,23,25). The van der Waals surface area contributed by atoms with Crippen LogP contribution in [0, 0.1) is 5.82 Å². The zero-order chi connectivity index (χ0) is 20.0. The van der Waals surface area contributed by atoms with E-state index in [1.165, 1.54) is 38.3 Å². The number of anilines is 2. The summed E-state index contributed by atoms with van der Waals surface area (Å²) in [5.41, 5.74) is 0.454. The third kappa shape index (κ3) is 5.34. The van der Waals surface area contributed by atoms with Gasteiger partial charge in [-0.05, 0) is 36.8 Å². The molecular weight excluding hydrogens is 375 g/mol.